The van der Waals surface area contributed by atoms with Gasteiger partial charge < -0.3 is 5.32 Å². The summed E-state index contributed by atoms with van der Waals surface area (Å²) in [6.07, 6.45) is 1.52. The van der Waals surface area contributed by atoms with E-state index in [1.54, 1.807) is 0 Å². The second kappa shape index (κ2) is 8.99. The Bertz CT molecular complexity index is 999. The lowest BCUT2D eigenvalue weighted by Gasteiger charge is -2.32. The summed E-state index contributed by atoms with van der Waals surface area (Å²) in [5, 5.41) is 3.03. The molecule has 0 saturated carbocycles. The lowest BCUT2D eigenvalue weighted by molar-refractivity contribution is -0.122. The van der Waals surface area contributed by atoms with Gasteiger partial charge in [-0.15, -0.1) is 0 Å². The van der Waals surface area contributed by atoms with Gasteiger partial charge in [-0.05, 0) is 69.4 Å². The lowest BCUT2D eigenvalue weighted by Crippen LogP contribution is -2.50. The molecule has 2 aromatic carbocycles. The van der Waals surface area contributed by atoms with Crippen LogP contribution < -0.4 is 9.62 Å². The molecule has 6 heteroatoms. The number of rotatable bonds is 7. The van der Waals surface area contributed by atoms with Crippen LogP contribution in [0, 0.1) is 27.7 Å². The third-order valence-electron chi connectivity index (χ3n) is 5.19. The predicted octanol–water partition coefficient (Wildman–Crippen LogP) is 4.34. The van der Waals surface area contributed by atoms with Gasteiger partial charge in [-0.1, -0.05) is 42.8 Å². The van der Waals surface area contributed by atoms with E-state index < -0.39 is 16.1 Å². The average Bonchev–Trinajstić information content (AvgIpc) is 2.62. The minimum atomic E-state index is -3.66. The molecule has 0 spiro atoms. The molecule has 158 valence electrons. The van der Waals surface area contributed by atoms with Crippen LogP contribution in [0.15, 0.2) is 36.4 Å². The fourth-order valence-electron chi connectivity index (χ4n) is 3.61. The molecule has 2 aromatic rings. The van der Waals surface area contributed by atoms with Crippen molar-refractivity contribution in [2.24, 2.45) is 0 Å². The quantitative estimate of drug-likeness (QED) is 0.730. The normalized spacial score (nSPS) is 13.6. The molecule has 5 nitrogen and oxygen atoms in total. The van der Waals surface area contributed by atoms with E-state index in [2.05, 4.69) is 11.4 Å². The molecule has 0 radical (unpaired) electrons. The third kappa shape index (κ3) is 5.38. The summed E-state index contributed by atoms with van der Waals surface area (Å²) in [6, 6.07) is 10.7. The van der Waals surface area contributed by atoms with E-state index in [0.717, 1.165) is 34.1 Å². The monoisotopic (exact) mass is 416 g/mol. The van der Waals surface area contributed by atoms with Crippen LogP contribution in [0.5, 0.6) is 0 Å². The van der Waals surface area contributed by atoms with E-state index in [9.17, 15) is 13.2 Å². The minimum Gasteiger partial charge on any atom is -0.348 e. The highest BCUT2D eigenvalue weighted by atomic mass is 32.2. The fourth-order valence-corrected chi connectivity index (χ4v) is 4.87. The van der Waals surface area contributed by atoms with E-state index in [0.29, 0.717) is 12.1 Å². The predicted molar refractivity (Wildman–Crippen MR) is 120 cm³/mol. The summed E-state index contributed by atoms with van der Waals surface area (Å²) in [5.41, 5.74) is 5.55. The molecule has 0 aliphatic heterocycles. The molecule has 1 N–H and O–H groups in total. The standard InChI is InChI=1S/C23H32N2O3S/c1-8-21(23(26)24-19(6)20-13-15(2)9-11-17(20)4)25(29(7,27)28)22-14-16(3)10-12-18(22)5/h9-14,19,21H,8H2,1-7H3,(H,24,26)/t19-,21+/m1/s1. The number of sulfonamides is 1. The largest absolute Gasteiger partial charge is 0.348 e. The van der Waals surface area contributed by atoms with Crippen molar-refractivity contribution in [3.8, 4) is 0 Å². The van der Waals surface area contributed by atoms with Gasteiger partial charge in [0.1, 0.15) is 6.04 Å². The first-order chi connectivity index (χ1) is 13.5. The molecule has 0 fully saturated rings. The van der Waals surface area contributed by atoms with Crippen LogP contribution in [0.1, 0.15) is 54.1 Å². The van der Waals surface area contributed by atoms with Crippen molar-refractivity contribution in [2.75, 3.05) is 10.6 Å². The number of hydrogen-bond acceptors (Lipinski definition) is 3. The number of nitrogens with zero attached hydrogens (tertiary/aromatic N) is 1. The molecule has 0 aliphatic rings. The van der Waals surface area contributed by atoms with Crippen molar-refractivity contribution >= 4 is 21.6 Å². The number of anilines is 1. The van der Waals surface area contributed by atoms with Crippen LogP contribution in [-0.2, 0) is 14.8 Å². The maximum Gasteiger partial charge on any atom is 0.244 e. The van der Waals surface area contributed by atoms with Gasteiger partial charge in [0.25, 0.3) is 0 Å². The summed E-state index contributed by atoms with van der Waals surface area (Å²) in [5.74, 6) is -0.299. The minimum absolute atomic E-state index is 0.225. The highest BCUT2D eigenvalue weighted by Crippen LogP contribution is 2.28. The molecule has 2 rings (SSSR count). The van der Waals surface area contributed by atoms with Gasteiger partial charge >= 0.3 is 0 Å². The van der Waals surface area contributed by atoms with Gasteiger partial charge in [-0.2, -0.15) is 0 Å². The first kappa shape index (κ1) is 22.9. The summed E-state index contributed by atoms with van der Waals surface area (Å²) < 4.78 is 26.7. The van der Waals surface area contributed by atoms with Crippen LogP contribution in [0.2, 0.25) is 0 Å². The van der Waals surface area contributed by atoms with Crippen LogP contribution in [0.4, 0.5) is 5.69 Å². The number of benzene rings is 2. The first-order valence-corrected chi connectivity index (χ1v) is 11.7. The molecule has 0 bridgehead atoms. The van der Waals surface area contributed by atoms with E-state index in [-0.39, 0.29) is 11.9 Å². The Morgan fingerprint density at radius 2 is 1.55 bits per heavy atom. The Labute approximate surface area is 175 Å². The van der Waals surface area contributed by atoms with Crippen molar-refractivity contribution < 1.29 is 13.2 Å². The zero-order valence-electron chi connectivity index (χ0n) is 18.4. The summed E-state index contributed by atoms with van der Waals surface area (Å²) in [6.45, 7) is 11.5. The second-order valence-electron chi connectivity index (χ2n) is 7.86. The van der Waals surface area contributed by atoms with Gasteiger partial charge in [-0.25, -0.2) is 8.42 Å². The zero-order chi connectivity index (χ0) is 21.9. The topological polar surface area (TPSA) is 66.5 Å². The van der Waals surface area contributed by atoms with Crippen LogP contribution in [0.25, 0.3) is 0 Å². The summed E-state index contributed by atoms with van der Waals surface area (Å²) >= 11 is 0. The van der Waals surface area contributed by atoms with Crippen molar-refractivity contribution in [2.45, 2.75) is 60.0 Å². The Balaban J connectivity index is 2.41. The molecule has 0 saturated heterocycles. The highest BCUT2D eigenvalue weighted by Gasteiger charge is 2.33. The molecular formula is C23H32N2O3S. The number of nitrogens with one attached hydrogen (secondary N) is 1. The maximum atomic E-state index is 13.2. The van der Waals surface area contributed by atoms with Gasteiger partial charge in [0.2, 0.25) is 15.9 Å². The Hall–Kier alpha value is -2.34. The van der Waals surface area contributed by atoms with E-state index >= 15 is 0 Å². The van der Waals surface area contributed by atoms with Crippen LogP contribution in [0.3, 0.4) is 0 Å². The molecular weight excluding hydrogens is 384 g/mol. The fraction of sp³-hybridized carbons (Fsp3) is 0.435. The van der Waals surface area contributed by atoms with E-state index in [4.69, 9.17) is 0 Å². The SMILES string of the molecule is CC[C@@H](C(=O)N[C@H](C)c1cc(C)ccc1C)N(c1cc(C)ccc1C)S(C)(=O)=O. The van der Waals surface area contributed by atoms with Crippen LogP contribution >= 0.6 is 0 Å². The molecule has 2 atom stereocenters. The lowest BCUT2D eigenvalue weighted by atomic mass is 9.99. The van der Waals surface area contributed by atoms with Crippen molar-refractivity contribution in [1.82, 2.24) is 5.32 Å². The molecule has 0 aliphatic carbocycles. The third-order valence-corrected chi connectivity index (χ3v) is 6.36. The molecule has 0 unspecified atom stereocenters. The second-order valence-corrected chi connectivity index (χ2v) is 9.72. The summed E-state index contributed by atoms with van der Waals surface area (Å²) in [4.78, 5) is 13.2. The van der Waals surface area contributed by atoms with Crippen molar-refractivity contribution in [1.29, 1.82) is 0 Å². The first-order valence-electron chi connectivity index (χ1n) is 9.89. The maximum absolute atomic E-state index is 13.2. The molecule has 29 heavy (non-hydrogen) atoms. The van der Waals surface area contributed by atoms with Gasteiger partial charge in [0.05, 0.1) is 18.0 Å². The van der Waals surface area contributed by atoms with Crippen LogP contribution in [-0.4, -0.2) is 26.6 Å². The highest BCUT2D eigenvalue weighted by molar-refractivity contribution is 7.92. The van der Waals surface area contributed by atoms with Gasteiger partial charge in [0, 0.05) is 0 Å². The number of carbonyl (C=O) groups excluding carboxylic acids is 1. The van der Waals surface area contributed by atoms with Crippen molar-refractivity contribution in [3.05, 3.63) is 64.2 Å². The number of aryl methyl sites for hydroxylation is 4. The van der Waals surface area contributed by atoms with Crippen molar-refractivity contribution in [3.63, 3.8) is 0 Å². The Kier molecular flexibility index (Phi) is 7.11. The number of hydrogen-bond donors (Lipinski definition) is 1. The molecule has 0 aromatic heterocycles. The Morgan fingerprint density at radius 1 is 1.00 bits per heavy atom. The average molecular weight is 417 g/mol. The van der Waals surface area contributed by atoms with Gasteiger partial charge in [-0.3, -0.25) is 9.10 Å². The number of amides is 1. The Morgan fingerprint density at radius 3 is 2.10 bits per heavy atom. The van der Waals surface area contributed by atoms with E-state index in [1.807, 2.05) is 71.9 Å². The zero-order valence-corrected chi connectivity index (χ0v) is 19.2. The van der Waals surface area contributed by atoms with E-state index in [1.165, 1.54) is 4.31 Å². The molecule has 0 heterocycles. The summed E-state index contributed by atoms with van der Waals surface area (Å²) in [7, 11) is -3.66. The smallest absolute Gasteiger partial charge is 0.244 e. The van der Waals surface area contributed by atoms with Gasteiger partial charge in [0.15, 0.2) is 0 Å². The molecule has 1 amide bonds. The number of carbonyl (C=O) groups is 1.